The van der Waals surface area contributed by atoms with Gasteiger partial charge in [-0.3, -0.25) is 9.78 Å². The highest BCUT2D eigenvalue weighted by molar-refractivity contribution is 6.30. The molecular weight excluding hydrogens is 404 g/mol. The fourth-order valence-electron chi connectivity index (χ4n) is 4.39. The van der Waals surface area contributed by atoms with Crippen LogP contribution >= 0.6 is 11.6 Å². The molecule has 0 aliphatic carbocycles. The lowest BCUT2D eigenvalue weighted by Gasteiger charge is -2.32. The molecule has 1 atom stereocenters. The lowest BCUT2D eigenvalue weighted by atomic mass is 9.93. The number of carbonyl (C=O) groups is 1. The number of aryl methyl sites for hydroxylation is 2. The van der Waals surface area contributed by atoms with Gasteiger partial charge in [0.2, 0.25) is 5.91 Å². The Labute approximate surface area is 190 Å². The van der Waals surface area contributed by atoms with E-state index in [0.717, 1.165) is 55.1 Å². The molecular formula is C27H29ClN2O. The van der Waals surface area contributed by atoms with Crippen LogP contribution in [-0.2, 0) is 17.6 Å². The SMILES string of the molecule is Cc1cccc(Cc2ccc([C@@H]3CCCN(C(=O)CCc4cccc(Cl)c4)C3)nc2)c1. The zero-order chi connectivity index (χ0) is 21.6. The zero-order valence-corrected chi connectivity index (χ0v) is 18.8. The predicted octanol–water partition coefficient (Wildman–Crippen LogP) is 5.97. The second-order valence-electron chi connectivity index (χ2n) is 8.57. The summed E-state index contributed by atoms with van der Waals surface area (Å²) in [6, 6.07) is 20.7. The molecule has 4 rings (SSSR count). The lowest BCUT2D eigenvalue weighted by Crippen LogP contribution is -2.39. The van der Waals surface area contributed by atoms with E-state index in [4.69, 9.17) is 16.6 Å². The molecule has 1 amide bonds. The largest absolute Gasteiger partial charge is 0.342 e. The molecule has 0 saturated carbocycles. The van der Waals surface area contributed by atoms with Gasteiger partial charge in [-0.1, -0.05) is 59.6 Å². The Kier molecular flexibility index (Phi) is 7.03. The van der Waals surface area contributed by atoms with Crippen LogP contribution in [0.5, 0.6) is 0 Å². The van der Waals surface area contributed by atoms with Gasteiger partial charge in [0.05, 0.1) is 0 Å². The number of nitrogens with zero attached hydrogens (tertiary/aromatic N) is 2. The zero-order valence-electron chi connectivity index (χ0n) is 18.1. The number of hydrogen-bond donors (Lipinski definition) is 0. The molecule has 0 radical (unpaired) electrons. The number of pyridine rings is 1. The van der Waals surface area contributed by atoms with E-state index >= 15 is 0 Å². The third-order valence-electron chi connectivity index (χ3n) is 6.05. The summed E-state index contributed by atoms with van der Waals surface area (Å²) >= 11 is 6.06. The molecule has 1 aliphatic heterocycles. The number of carbonyl (C=O) groups excluding carboxylic acids is 1. The molecule has 160 valence electrons. The van der Waals surface area contributed by atoms with Crippen LogP contribution in [0.3, 0.4) is 0 Å². The molecule has 1 fully saturated rings. The molecule has 0 N–H and O–H groups in total. The van der Waals surface area contributed by atoms with E-state index in [0.29, 0.717) is 12.3 Å². The van der Waals surface area contributed by atoms with Crippen molar-refractivity contribution in [2.24, 2.45) is 0 Å². The number of aromatic nitrogens is 1. The number of rotatable bonds is 6. The highest BCUT2D eigenvalue weighted by Gasteiger charge is 2.25. The summed E-state index contributed by atoms with van der Waals surface area (Å²) in [5, 5.41) is 0.722. The standard InChI is InChI=1S/C27H29ClN2O/c1-20-5-2-7-22(15-20)16-23-10-12-26(29-18-23)24-8-4-14-30(19-24)27(31)13-11-21-6-3-9-25(28)17-21/h2-3,5-7,9-10,12,15,17-18,24H,4,8,11,13-14,16,19H2,1H3/t24-/m1/s1. The Morgan fingerprint density at radius 3 is 2.68 bits per heavy atom. The van der Waals surface area contributed by atoms with Crippen molar-refractivity contribution in [2.45, 2.75) is 44.9 Å². The number of benzene rings is 2. The van der Waals surface area contributed by atoms with Gasteiger partial charge < -0.3 is 4.90 Å². The van der Waals surface area contributed by atoms with Gasteiger partial charge in [0.25, 0.3) is 0 Å². The first-order valence-corrected chi connectivity index (χ1v) is 11.5. The molecule has 0 bridgehead atoms. The van der Waals surface area contributed by atoms with Gasteiger partial charge in [-0.25, -0.2) is 0 Å². The van der Waals surface area contributed by atoms with Crippen LogP contribution < -0.4 is 0 Å². The average molecular weight is 433 g/mol. The van der Waals surface area contributed by atoms with Crippen molar-refractivity contribution in [3.8, 4) is 0 Å². The second kappa shape index (κ2) is 10.1. The quantitative estimate of drug-likeness (QED) is 0.480. The van der Waals surface area contributed by atoms with Crippen molar-refractivity contribution < 1.29 is 4.79 Å². The smallest absolute Gasteiger partial charge is 0.222 e. The Morgan fingerprint density at radius 1 is 1.06 bits per heavy atom. The molecule has 3 nitrogen and oxygen atoms in total. The maximum atomic E-state index is 12.8. The number of likely N-dealkylation sites (tertiary alicyclic amines) is 1. The molecule has 2 heterocycles. The van der Waals surface area contributed by atoms with Crippen molar-refractivity contribution in [3.05, 3.63) is 99.8 Å². The summed E-state index contributed by atoms with van der Waals surface area (Å²) in [4.78, 5) is 19.6. The van der Waals surface area contributed by atoms with Gasteiger partial charge >= 0.3 is 0 Å². The minimum Gasteiger partial charge on any atom is -0.342 e. The summed E-state index contributed by atoms with van der Waals surface area (Å²) in [7, 11) is 0. The van der Waals surface area contributed by atoms with E-state index in [1.807, 2.05) is 35.4 Å². The monoisotopic (exact) mass is 432 g/mol. The Hall–Kier alpha value is -2.65. The van der Waals surface area contributed by atoms with E-state index < -0.39 is 0 Å². The van der Waals surface area contributed by atoms with Crippen molar-refractivity contribution in [1.29, 1.82) is 0 Å². The highest BCUT2D eigenvalue weighted by atomic mass is 35.5. The molecule has 0 spiro atoms. The number of halogens is 1. The molecule has 0 unspecified atom stereocenters. The number of piperidine rings is 1. The van der Waals surface area contributed by atoms with E-state index in [9.17, 15) is 4.79 Å². The van der Waals surface area contributed by atoms with Crippen LogP contribution in [0, 0.1) is 6.92 Å². The molecule has 1 aromatic heterocycles. The fraction of sp³-hybridized carbons (Fsp3) is 0.333. The third kappa shape index (κ3) is 5.95. The normalized spacial score (nSPS) is 16.3. The second-order valence-corrected chi connectivity index (χ2v) is 9.00. The van der Waals surface area contributed by atoms with Crippen LogP contribution in [0.2, 0.25) is 5.02 Å². The molecule has 2 aromatic carbocycles. The Morgan fingerprint density at radius 2 is 1.90 bits per heavy atom. The van der Waals surface area contributed by atoms with Gasteiger partial charge in [-0.15, -0.1) is 0 Å². The molecule has 31 heavy (non-hydrogen) atoms. The highest BCUT2D eigenvalue weighted by Crippen LogP contribution is 2.26. The number of amides is 1. The van der Waals surface area contributed by atoms with Crippen LogP contribution in [0.25, 0.3) is 0 Å². The minimum absolute atomic E-state index is 0.223. The van der Waals surface area contributed by atoms with E-state index in [1.54, 1.807) is 0 Å². The van der Waals surface area contributed by atoms with Crippen molar-refractivity contribution in [2.75, 3.05) is 13.1 Å². The van der Waals surface area contributed by atoms with Gasteiger partial charge in [0, 0.05) is 42.3 Å². The Balaban J connectivity index is 1.34. The first-order chi connectivity index (χ1) is 15.1. The number of hydrogen-bond acceptors (Lipinski definition) is 2. The summed E-state index contributed by atoms with van der Waals surface area (Å²) < 4.78 is 0. The first kappa shape index (κ1) is 21.6. The van der Waals surface area contributed by atoms with Crippen LogP contribution in [0.4, 0.5) is 0 Å². The topological polar surface area (TPSA) is 33.2 Å². The summed E-state index contributed by atoms with van der Waals surface area (Å²) in [5.41, 5.74) is 6.02. The first-order valence-electron chi connectivity index (χ1n) is 11.1. The van der Waals surface area contributed by atoms with Crippen LogP contribution in [0.15, 0.2) is 66.9 Å². The van der Waals surface area contributed by atoms with E-state index in [2.05, 4.69) is 43.3 Å². The molecule has 1 saturated heterocycles. The Bertz CT molecular complexity index is 1030. The van der Waals surface area contributed by atoms with Gasteiger partial charge in [0.1, 0.15) is 0 Å². The molecule has 1 aliphatic rings. The van der Waals surface area contributed by atoms with Gasteiger partial charge in [-0.2, -0.15) is 0 Å². The predicted molar refractivity (Wildman–Crippen MR) is 127 cm³/mol. The molecule has 3 aromatic rings. The van der Waals surface area contributed by atoms with Crippen molar-refractivity contribution in [3.63, 3.8) is 0 Å². The van der Waals surface area contributed by atoms with Crippen molar-refractivity contribution in [1.82, 2.24) is 9.88 Å². The molecule has 4 heteroatoms. The maximum absolute atomic E-state index is 12.8. The van der Waals surface area contributed by atoms with E-state index in [-0.39, 0.29) is 5.91 Å². The minimum atomic E-state index is 0.223. The fourth-order valence-corrected chi connectivity index (χ4v) is 4.60. The average Bonchev–Trinajstić information content (AvgIpc) is 2.78. The summed E-state index contributed by atoms with van der Waals surface area (Å²) in [6.45, 7) is 3.73. The maximum Gasteiger partial charge on any atom is 0.222 e. The van der Waals surface area contributed by atoms with Gasteiger partial charge in [-0.05, 0) is 67.5 Å². The summed E-state index contributed by atoms with van der Waals surface area (Å²) in [6.07, 6.45) is 6.26. The third-order valence-corrected chi connectivity index (χ3v) is 6.28. The van der Waals surface area contributed by atoms with E-state index in [1.165, 1.54) is 16.7 Å². The lowest BCUT2D eigenvalue weighted by molar-refractivity contribution is -0.132. The van der Waals surface area contributed by atoms with Crippen molar-refractivity contribution >= 4 is 17.5 Å². The summed E-state index contributed by atoms with van der Waals surface area (Å²) in [5.74, 6) is 0.539. The van der Waals surface area contributed by atoms with Crippen LogP contribution in [0.1, 0.15) is 53.1 Å². The van der Waals surface area contributed by atoms with Crippen LogP contribution in [-0.4, -0.2) is 28.9 Å². The van der Waals surface area contributed by atoms with Gasteiger partial charge in [0.15, 0.2) is 0 Å².